The average Bonchev–Trinajstić information content (AvgIpc) is 2.42. The van der Waals surface area contributed by atoms with Gasteiger partial charge in [0.2, 0.25) is 5.91 Å². The van der Waals surface area contributed by atoms with Gasteiger partial charge in [0.15, 0.2) is 0 Å². The maximum Gasteiger partial charge on any atom is 0.315 e. The van der Waals surface area contributed by atoms with Crippen LogP contribution in [0.3, 0.4) is 0 Å². The minimum atomic E-state index is -1.11. The molecule has 1 unspecified atom stereocenters. The van der Waals surface area contributed by atoms with Crippen LogP contribution in [-0.2, 0) is 15.0 Å². The second-order valence-corrected chi connectivity index (χ2v) is 6.84. The molecule has 2 N–H and O–H groups in total. The predicted octanol–water partition coefficient (Wildman–Crippen LogP) is 2.97. The van der Waals surface area contributed by atoms with Crippen molar-refractivity contribution in [3.8, 4) is 0 Å². The zero-order chi connectivity index (χ0) is 16.1. The topological polar surface area (TPSA) is 66.4 Å². The molecule has 1 atom stereocenters. The summed E-state index contributed by atoms with van der Waals surface area (Å²) in [6.45, 7) is 7.95. The van der Waals surface area contributed by atoms with Gasteiger partial charge in [-0.05, 0) is 24.3 Å². The number of carboxylic acid groups (broad SMARTS) is 1. The number of aliphatic carboxylic acids is 1. The van der Waals surface area contributed by atoms with E-state index in [2.05, 4.69) is 26.1 Å². The van der Waals surface area contributed by atoms with Crippen LogP contribution in [-0.4, -0.2) is 23.5 Å². The van der Waals surface area contributed by atoms with Gasteiger partial charge in [0, 0.05) is 13.0 Å². The van der Waals surface area contributed by atoms with Crippen LogP contribution < -0.4 is 5.32 Å². The molecule has 0 fully saturated rings. The Labute approximate surface area is 126 Å². The third-order valence-corrected chi connectivity index (χ3v) is 3.62. The van der Waals surface area contributed by atoms with Crippen molar-refractivity contribution in [3.05, 3.63) is 35.9 Å². The predicted molar refractivity (Wildman–Crippen MR) is 83.1 cm³/mol. The highest BCUT2D eigenvalue weighted by molar-refractivity contribution is 5.83. The van der Waals surface area contributed by atoms with Gasteiger partial charge < -0.3 is 10.4 Å². The van der Waals surface area contributed by atoms with Crippen LogP contribution in [0.5, 0.6) is 0 Å². The van der Waals surface area contributed by atoms with Crippen molar-refractivity contribution in [2.45, 2.75) is 46.0 Å². The smallest absolute Gasteiger partial charge is 0.315 e. The van der Waals surface area contributed by atoms with Gasteiger partial charge in [-0.15, -0.1) is 0 Å². The van der Waals surface area contributed by atoms with Gasteiger partial charge in [-0.3, -0.25) is 9.59 Å². The summed E-state index contributed by atoms with van der Waals surface area (Å²) in [4.78, 5) is 23.5. The quantitative estimate of drug-likeness (QED) is 0.846. The van der Waals surface area contributed by atoms with Crippen LogP contribution in [0.1, 0.15) is 46.1 Å². The van der Waals surface area contributed by atoms with E-state index in [1.54, 1.807) is 31.2 Å². The lowest BCUT2D eigenvalue weighted by atomic mass is 9.82. The number of benzene rings is 1. The second kappa shape index (κ2) is 6.74. The number of carboxylic acids is 1. The Hall–Kier alpha value is -1.84. The fraction of sp³-hybridized carbons (Fsp3) is 0.529. The minimum absolute atomic E-state index is 0.0902. The largest absolute Gasteiger partial charge is 0.481 e. The number of hydrogen-bond acceptors (Lipinski definition) is 2. The Bertz CT molecular complexity index is 491. The van der Waals surface area contributed by atoms with Crippen molar-refractivity contribution in [3.63, 3.8) is 0 Å². The minimum Gasteiger partial charge on any atom is -0.481 e. The second-order valence-electron chi connectivity index (χ2n) is 6.84. The molecule has 0 spiro atoms. The first-order valence-electron chi connectivity index (χ1n) is 7.21. The van der Waals surface area contributed by atoms with Gasteiger partial charge in [-0.1, -0.05) is 51.1 Å². The molecule has 0 radical (unpaired) electrons. The van der Waals surface area contributed by atoms with Gasteiger partial charge in [0.25, 0.3) is 0 Å². The lowest BCUT2D eigenvalue weighted by Gasteiger charge is -2.26. The van der Waals surface area contributed by atoms with E-state index in [4.69, 9.17) is 0 Å². The van der Waals surface area contributed by atoms with Crippen molar-refractivity contribution in [2.24, 2.45) is 5.41 Å². The zero-order valence-electron chi connectivity index (χ0n) is 13.3. The molecule has 0 aliphatic carbocycles. The van der Waals surface area contributed by atoms with Gasteiger partial charge in [0.05, 0.1) is 0 Å². The molecule has 0 saturated carbocycles. The highest BCUT2D eigenvalue weighted by Gasteiger charge is 2.35. The van der Waals surface area contributed by atoms with Crippen molar-refractivity contribution < 1.29 is 14.7 Å². The van der Waals surface area contributed by atoms with Crippen molar-refractivity contribution in [1.29, 1.82) is 0 Å². The highest BCUT2D eigenvalue weighted by atomic mass is 16.4. The van der Waals surface area contributed by atoms with E-state index < -0.39 is 11.4 Å². The molecule has 1 amide bonds. The van der Waals surface area contributed by atoms with Crippen LogP contribution in [0.15, 0.2) is 30.3 Å². The summed E-state index contributed by atoms with van der Waals surface area (Å²) >= 11 is 0. The van der Waals surface area contributed by atoms with E-state index in [9.17, 15) is 14.7 Å². The molecule has 1 rings (SSSR count). The third kappa shape index (κ3) is 5.21. The first-order chi connectivity index (χ1) is 9.65. The molecule has 0 aromatic heterocycles. The monoisotopic (exact) mass is 291 g/mol. The molecule has 1 aromatic carbocycles. The normalized spacial score (nSPS) is 14.3. The van der Waals surface area contributed by atoms with Crippen LogP contribution in [0.4, 0.5) is 0 Å². The number of carbonyl (C=O) groups is 2. The lowest BCUT2D eigenvalue weighted by molar-refractivity contribution is -0.143. The van der Waals surface area contributed by atoms with E-state index >= 15 is 0 Å². The molecule has 0 saturated heterocycles. The summed E-state index contributed by atoms with van der Waals surface area (Å²) in [5.74, 6) is -1.04. The molecular weight excluding hydrogens is 266 g/mol. The van der Waals surface area contributed by atoms with Crippen LogP contribution >= 0.6 is 0 Å². The van der Waals surface area contributed by atoms with Gasteiger partial charge in [0.1, 0.15) is 5.41 Å². The Morgan fingerprint density at radius 1 is 1.10 bits per heavy atom. The summed E-state index contributed by atoms with van der Waals surface area (Å²) in [5, 5.41) is 12.3. The number of hydrogen-bond donors (Lipinski definition) is 2. The lowest BCUT2D eigenvalue weighted by Crippen LogP contribution is -2.44. The fourth-order valence-corrected chi connectivity index (χ4v) is 1.96. The van der Waals surface area contributed by atoms with E-state index in [0.29, 0.717) is 12.0 Å². The highest BCUT2D eigenvalue weighted by Crippen LogP contribution is 2.24. The Morgan fingerprint density at radius 3 is 2.14 bits per heavy atom. The average molecular weight is 291 g/mol. The van der Waals surface area contributed by atoms with Crippen LogP contribution in [0, 0.1) is 5.41 Å². The number of carbonyl (C=O) groups excluding carboxylic acids is 1. The number of rotatable bonds is 6. The fourth-order valence-electron chi connectivity index (χ4n) is 1.96. The number of nitrogens with one attached hydrogen (secondary N) is 1. The zero-order valence-corrected chi connectivity index (χ0v) is 13.3. The first kappa shape index (κ1) is 17.2. The standard InChI is InChI=1S/C17H25NO3/c1-16(2,3)11-10-14(19)18-12-17(4,15(20)21)13-8-6-5-7-9-13/h5-9H,10-12H2,1-4H3,(H,18,19)(H,20,21). The van der Waals surface area contributed by atoms with E-state index in [1.165, 1.54) is 0 Å². The van der Waals surface area contributed by atoms with E-state index in [-0.39, 0.29) is 17.9 Å². The molecule has 4 nitrogen and oxygen atoms in total. The molecule has 0 aliphatic rings. The summed E-state index contributed by atoms with van der Waals surface area (Å²) < 4.78 is 0. The summed E-state index contributed by atoms with van der Waals surface area (Å²) in [6, 6.07) is 8.99. The molecule has 0 heterocycles. The molecule has 1 aromatic rings. The van der Waals surface area contributed by atoms with Crippen molar-refractivity contribution in [2.75, 3.05) is 6.54 Å². The summed E-state index contributed by atoms with van der Waals surface area (Å²) in [5.41, 5.74) is -0.334. The van der Waals surface area contributed by atoms with Crippen LogP contribution in [0.2, 0.25) is 0 Å². The van der Waals surface area contributed by atoms with Crippen molar-refractivity contribution in [1.82, 2.24) is 5.32 Å². The van der Waals surface area contributed by atoms with Gasteiger partial charge >= 0.3 is 5.97 Å². The maximum absolute atomic E-state index is 11.9. The van der Waals surface area contributed by atoms with Crippen molar-refractivity contribution >= 4 is 11.9 Å². The first-order valence-corrected chi connectivity index (χ1v) is 7.21. The van der Waals surface area contributed by atoms with Gasteiger partial charge in [-0.2, -0.15) is 0 Å². The Balaban J connectivity index is 2.69. The Morgan fingerprint density at radius 2 is 1.67 bits per heavy atom. The molecule has 0 aliphatic heterocycles. The van der Waals surface area contributed by atoms with E-state index in [0.717, 1.165) is 6.42 Å². The maximum atomic E-state index is 11.9. The van der Waals surface area contributed by atoms with Gasteiger partial charge in [-0.25, -0.2) is 0 Å². The molecular formula is C17H25NO3. The summed E-state index contributed by atoms with van der Waals surface area (Å²) in [7, 11) is 0. The molecule has 21 heavy (non-hydrogen) atoms. The number of amides is 1. The van der Waals surface area contributed by atoms with Crippen LogP contribution in [0.25, 0.3) is 0 Å². The summed E-state index contributed by atoms with van der Waals surface area (Å²) in [6.07, 6.45) is 1.18. The molecule has 116 valence electrons. The Kier molecular flexibility index (Phi) is 5.53. The molecule has 0 bridgehead atoms. The SMILES string of the molecule is CC(C)(C)CCC(=O)NCC(C)(C(=O)O)c1ccccc1. The molecule has 4 heteroatoms. The van der Waals surface area contributed by atoms with E-state index in [1.807, 2.05) is 6.07 Å². The third-order valence-electron chi connectivity index (χ3n) is 3.62.